The SMILES string of the molecule is [2H]c1c([2H])c(-c2ccc(-c3ccc4ccc5cccc6ccc3c4c56)cc2-c2ccc3ccc4cccc5ccc2c3c45)c2c(oc3c4c([2H])c([2H])c([2H])c([2H])c4c([2H])c([2H])c32)c1[2H]. The highest BCUT2D eigenvalue weighted by Gasteiger charge is 2.21. The lowest BCUT2D eigenvalue weighted by molar-refractivity contribution is 0.673. The monoisotopic (exact) mass is 703 g/mol. The first-order chi connectivity index (χ1) is 31.0. The van der Waals surface area contributed by atoms with Crippen molar-refractivity contribution in [2.45, 2.75) is 0 Å². The molecular weight excluding hydrogens is 665 g/mol. The van der Waals surface area contributed by atoms with E-state index in [9.17, 15) is 2.74 Å². The normalized spacial score (nSPS) is 14.7. The average Bonchev–Trinajstić information content (AvgIpc) is 3.72. The zero-order chi connectivity index (χ0) is 43.6. The zero-order valence-corrected chi connectivity index (χ0v) is 29.0. The quantitative estimate of drug-likeness (QED) is 0.167. The molecule has 1 nitrogen and oxygen atoms in total. The van der Waals surface area contributed by atoms with Gasteiger partial charge in [-0.25, -0.2) is 0 Å². The van der Waals surface area contributed by atoms with E-state index in [4.69, 9.17) is 14.0 Å². The van der Waals surface area contributed by atoms with Crippen LogP contribution >= 0.6 is 0 Å². The van der Waals surface area contributed by atoms with Crippen LogP contribution in [-0.2, 0) is 0 Å². The van der Waals surface area contributed by atoms with E-state index in [1.165, 1.54) is 10.8 Å². The third kappa shape index (κ3) is 3.97. The fourth-order valence-electron chi connectivity index (χ4n) is 9.28. The van der Waals surface area contributed by atoms with Gasteiger partial charge < -0.3 is 4.42 Å². The van der Waals surface area contributed by atoms with Crippen LogP contribution < -0.4 is 0 Å². The van der Waals surface area contributed by atoms with Crippen LogP contribution in [0.25, 0.3) is 131 Å². The van der Waals surface area contributed by atoms with E-state index in [0.29, 0.717) is 5.56 Å². The molecule has 0 aliphatic carbocycles. The van der Waals surface area contributed by atoms with Gasteiger partial charge in [0.25, 0.3) is 0 Å². The molecule has 252 valence electrons. The van der Waals surface area contributed by atoms with Gasteiger partial charge in [-0.2, -0.15) is 0 Å². The van der Waals surface area contributed by atoms with Gasteiger partial charge in [0.05, 0.1) is 12.3 Å². The molecule has 0 N–H and O–H groups in total. The van der Waals surface area contributed by atoms with Crippen molar-refractivity contribution in [2.24, 2.45) is 0 Å². The summed E-state index contributed by atoms with van der Waals surface area (Å²) in [5.41, 5.74) is 4.12. The Balaban J connectivity index is 1.19. The first-order valence-electron chi connectivity index (χ1n) is 22.8. The Kier molecular flexibility index (Phi) is 4.29. The second-order valence-electron chi connectivity index (χ2n) is 14.5. The highest BCUT2D eigenvalue weighted by Crippen LogP contribution is 2.48. The van der Waals surface area contributed by atoms with Crippen molar-refractivity contribution in [1.29, 1.82) is 0 Å². The Morgan fingerprint density at radius 2 is 0.909 bits per heavy atom. The van der Waals surface area contributed by atoms with Crippen LogP contribution in [0.2, 0.25) is 0 Å². The minimum absolute atomic E-state index is 0.0479. The highest BCUT2D eigenvalue weighted by molar-refractivity contribution is 6.28. The van der Waals surface area contributed by atoms with Crippen molar-refractivity contribution in [3.05, 3.63) is 182 Å². The number of hydrogen-bond donors (Lipinski definition) is 0. The van der Waals surface area contributed by atoms with E-state index >= 15 is 0 Å². The predicted molar refractivity (Wildman–Crippen MR) is 235 cm³/mol. The maximum absolute atomic E-state index is 9.65. The molecule has 0 bridgehead atoms. The van der Waals surface area contributed by atoms with Crippen LogP contribution in [0.4, 0.5) is 0 Å². The van der Waals surface area contributed by atoms with Crippen molar-refractivity contribution >= 4 is 97.3 Å². The molecule has 0 aliphatic rings. The lowest BCUT2D eigenvalue weighted by atomic mass is 9.84. The third-order valence-corrected chi connectivity index (χ3v) is 11.7. The molecule has 1 heterocycles. The van der Waals surface area contributed by atoms with Gasteiger partial charge in [0, 0.05) is 16.2 Å². The van der Waals surface area contributed by atoms with Crippen molar-refractivity contribution in [2.75, 3.05) is 0 Å². The summed E-state index contributed by atoms with van der Waals surface area (Å²) in [4.78, 5) is 0. The first-order valence-corrected chi connectivity index (χ1v) is 18.3. The Labute approximate surface area is 328 Å². The topological polar surface area (TPSA) is 13.1 Å². The molecule has 1 aromatic heterocycles. The fraction of sp³-hybridized carbons (Fsp3) is 0. The van der Waals surface area contributed by atoms with E-state index in [1.807, 2.05) is 12.1 Å². The molecule has 0 saturated heterocycles. The summed E-state index contributed by atoms with van der Waals surface area (Å²) in [5.74, 6) is 0. The Bertz CT molecular complexity index is 4210. The Hall–Kier alpha value is -7.22. The Morgan fingerprint density at radius 3 is 1.62 bits per heavy atom. The van der Waals surface area contributed by atoms with Gasteiger partial charge in [0.1, 0.15) is 11.2 Å². The van der Waals surface area contributed by atoms with Gasteiger partial charge in [-0.3, -0.25) is 0 Å². The molecule has 12 aromatic carbocycles. The molecule has 0 atom stereocenters. The number of furan rings is 1. The van der Waals surface area contributed by atoms with Gasteiger partial charge in [-0.15, -0.1) is 0 Å². The molecular formula is C54H30O. The molecule has 0 radical (unpaired) electrons. The van der Waals surface area contributed by atoms with Crippen LogP contribution in [0, 0.1) is 0 Å². The summed E-state index contributed by atoms with van der Waals surface area (Å²) in [5, 5.41) is 13.4. The van der Waals surface area contributed by atoms with Crippen LogP contribution in [0.15, 0.2) is 186 Å². The second-order valence-corrected chi connectivity index (χ2v) is 14.5. The molecule has 0 fully saturated rings. The second kappa shape index (κ2) is 10.7. The standard InChI is InChI=1S/C54H30O/c1-2-11-40-31(6-1)18-29-46-53-43(12-5-13-48(53)55-54(40)46)41-26-23-38(39-24-19-36-16-14-32-7-3-9-34-21-27-44(39)51(36)49(32)34)30-47(41)42-25-20-37-17-15-33-8-4-10-35-22-28-45(42)52(37)50(33)35/h1-30H/i1D,2D,5D,6D,11D,12D,13D,18D,29D. The van der Waals surface area contributed by atoms with Crippen LogP contribution in [0.5, 0.6) is 0 Å². The minimum Gasteiger partial charge on any atom is -0.455 e. The number of hydrogen-bond acceptors (Lipinski definition) is 1. The fourth-order valence-corrected chi connectivity index (χ4v) is 9.28. The smallest absolute Gasteiger partial charge is 0.143 e. The lowest BCUT2D eigenvalue weighted by Gasteiger charge is -2.19. The summed E-state index contributed by atoms with van der Waals surface area (Å²) >= 11 is 0. The highest BCUT2D eigenvalue weighted by atomic mass is 16.3. The van der Waals surface area contributed by atoms with E-state index < -0.39 is 42.3 Å². The van der Waals surface area contributed by atoms with Gasteiger partial charge in [0.15, 0.2) is 0 Å². The maximum Gasteiger partial charge on any atom is 0.143 e. The van der Waals surface area contributed by atoms with Crippen LogP contribution in [0.3, 0.4) is 0 Å². The van der Waals surface area contributed by atoms with Crippen molar-refractivity contribution in [1.82, 2.24) is 0 Å². The third-order valence-electron chi connectivity index (χ3n) is 11.7. The van der Waals surface area contributed by atoms with Crippen molar-refractivity contribution < 1.29 is 16.8 Å². The predicted octanol–water partition coefficient (Wildman–Crippen LogP) is 15.5. The van der Waals surface area contributed by atoms with Crippen LogP contribution in [-0.4, -0.2) is 0 Å². The Morgan fingerprint density at radius 1 is 0.327 bits per heavy atom. The van der Waals surface area contributed by atoms with E-state index in [1.54, 1.807) is 0 Å². The van der Waals surface area contributed by atoms with Crippen molar-refractivity contribution in [3.63, 3.8) is 0 Å². The number of benzene rings is 12. The summed E-state index contributed by atoms with van der Waals surface area (Å²) in [7, 11) is 0. The molecule has 0 amide bonds. The first kappa shape index (κ1) is 22.1. The van der Waals surface area contributed by atoms with Gasteiger partial charge in [0.2, 0.25) is 0 Å². The summed E-state index contributed by atoms with van der Waals surface area (Å²) < 4.78 is 87.4. The van der Waals surface area contributed by atoms with Gasteiger partial charge in [-0.1, -0.05) is 164 Å². The van der Waals surface area contributed by atoms with Gasteiger partial charge >= 0.3 is 0 Å². The van der Waals surface area contributed by atoms with Crippen molar-refractivity contribution in [3.8, 4) is 33.4 Å². The van der Waals surface area contributed by atoms with E-state index in [2.05, 4.69) is 115 Å². The molecule has 55 heavy (non-hydrogen) atoms. The maximum atomic E-state index is 9.65. The molecule has 0 spiro atoms. The van der Waals surface area contributed by atoms with Gasteiger partial charge in [-0.05, 0) is 122 Å². The molecule has 13 aromatic rings. The molecule has 0 aliphatic heterocycles. The molecule has 0 unspecified atom stereocenters. The molecule has 1 heteroatoms. The number of rotatable bonds is 3. The zero-order valence-electron chi connectivity index (χ0n) is 38.0. The molecule has 0 saturated carbocycles. The minimum atomic E-state index is -0.535. The average molecular weight is 704 g/mol. The molecule has 13 rings (SSSR count). The van der Waals surface area contributed by atoms with E-state index in [-0.39, 0.29) is 50.4 Å². The lowest BCUT2D eigenvalue weighted by Crippen LogP contribution is -1.92. The summed E-state index contributed by atoms with van der Waals surface area (Å²) in [6.45, 7) is 0. The van der Waals surface area contributed by atoms with E-state index in [0.717, 1.165) is 76.1 Å². The number of fused-ring (bicyclic) bond motifs is 5. The van der Waals surface area contributed by atoms with Crippen LogP contribution in [0.1, 0.15) is 12.3 Å². The summed E-state index contributed by atoms with van der Waals surface area (Å²) in [6, 6.07) is 40.6. The largest absolute Gasteiger partial charge is 0.455 e. The summed E-state index contributed by atoms with van der Waals surface area (Å²) in [6.07, 6.45) is 0.